The van der Waals surface area contributed by atoms with Crippen molar-refractivity contribution in [3.63, 3.8) is 0 Å². The van der Waals surface area contributed by atoms with Crippen molar-refractivity contribution >= 4 is 11.6 Å². The Balaban J connectivity index is 3.20. The zero-order valence-electron chi connectivity index (χ0n) is 12.5. The molecule has 0 radical (unpaired) electrons. The highest BCUT2D eigenvalue weighted by Gasteiger charge is 2.21. The average molecular weight is 250 g/mol. The van der Waals surface area contributed by atoms with Gasteiger partial charge in [-0.15, -0.1) is 0 Å². The van der Waals surface area contributed by atoms with Crippen molar-refractivity contribution in [2.75, 3.05) is 17.2 Å². The van der Waals surface area contributed by atoms with E-state index in [9.17, 15) is 0 Å². The molecule has 18 heavy (non-hydrogen) atoms. The third-order valence-corrected chi connectivity index (χ3v) is 3.16. The van der Waals surface area contributed by atoms with E-state index in [0.29, 0.717) is 11.9 Å². The van der Waals surface area contributed by atoms with E-state index in [4.69, 9.17) is 5.73 Å². The Hall–Kier alpha value is -1.32. The summed E-state index contributed by atoms with van der Waals surface area (Å²) in [5.41, 5.74) is 5.83. The Morgan fingerprint density at radius 3 is 2.33 bits per heavy atom. The van der Waals surface area contributed by atoms with Gasteiger partial charge in [-0.25, -0.2) is 9.97 Å². The van der Waals surface area contributed by atoms with Crippen molar-refractivity contribution in [2.24, 2.45) is 0 Å². The van der Waals surface area contributed by atoms with E-state index in [1.165, 1.54) is 0 Å². The molecule has 0 aromatic carbocycles. The van der Waals surface area contributed by atoms with Gasteiger partial charge in [0, 0.05) is 24.1 Å². The highest BCUT2D eigenvalue weighted by atomic mass is 15.2. The second-order valence-electron chi connectivity index (χ2n) is 5.77. The lowest BCUT2D eigenvalue weighted by atomic mass is 9.96. The van der Waals surface area contributed by atoms with Gasteiger partial charge < -0.3 is 10.6 Å². The molecule has 0 aliphatic carbocycles. The van der Waals surface area contributed by atoms with Crippen LogP contribution in [0.1, 0.15) is 53.8 Å². The normalized spacial score (nSPS) is 13.4. The van der Waals surface area contributed by atoms with Gasteiger partial charge in [0.15, 0.2) is 0 Å². The standard InChI is InChI=1S/C14H26N4/c1-7-10(3)18(8-2)12-9-11(15)16-13(17-12)14(4,5)6/h9-10H,7-8H2,1-6H3,(H2,15,16,17). The summed E-state index contributed by atoms with van der Waals surface area (Å²) in [6, 6.07) is 2.32. The Morgan fingerprint density at radius 2 is 1.89 bits per heavy atom. The van der Waals surface area contributed by atoms with Gasteiger partial charge in [0.2, 0.25) is 0 Å². The van der Waals surface area contributed by atoms with Gasteiger partial charge in [0.25, 0.3) is 0 Å². The molecule has 0 saturated heterocycles. The maximum Gasteiger partial charge on any atom is 0.138 e. The highest BCUT2D eigenvalue weighted by Crippen LogP contribution is 2.24. The van der Waals surface area contributed by atoms with Gasteiger partial charge in [0.1, 0.15) is 17.5 Å². The van der Waals surface area contributed by atoms with Crippen LogP contribution in [-0.2, 0) is 5.41 Å². The molecular formula is C14H26N4. The predicted molar refractivity (Wildman–Crippen MR) is 77.9 cm³/mol. The number of hydrogen-bond acceptors (Lipinski definition) is 4. The summed E-state index contributed by atoms with van der Waals surface area (Å²) in [4.78, 5) is 11.3. The molecule has 1 rings (SSSR count). The van der Waals surface area contributed by atoms with Crippen LogP contribution in [0.3, 0.4) is 0 Å². The number of rotatable bonds is 4. The fourth-order valence-electron chi connectivity index (χ4n) is 1.86. The summed E-state index contributed by atoms with van der Waals surface area (Å²) < 4.78 is 0. The molecule has 0 aliphatic heterocycles. The lowest BCUT2D eigenvalue weighted by molar-refractivity contribution is 0.541. The Bertz CT molecular complexity index is 395. The molecule has 1 atom stereocenters. The molecule has 2 N–H and O–H groups in total. The third-order valence-electron chi connectivity index (χ3n) is 3.16. The Morgan fingerprint density at radius 1 is 1.28 bits per heavy atom. The fraction of sp³-hybridized carbons (Fsp3) is 0.714. The van der Waals surface area contributed by atoms with Crippen molar-refractivity contribution in [2.45, 2.75) is 59.4 Å². The summed E-state index contributed by atoms with van der Waals surface area (Å²) in [5, 5.41) is 0. The van der Waals surface area contributed by atoms with Gasteiger partial charge in [0.05, 0.1) is 0 Å². The summed E-state index contributed by atoms with van der Waals surface area (Å²) >= 11 is 0. The smallest absolute Gasteiger partial charge is 0.138 e. The first-order valence-corrected chi connectivity index (χ1v) is 6.71. The second kappa shape index (κ2) is 5.55. The van der Waals surface area contributed by atoms with E-state index in [-0.39, 0.29) is 5.41 Å². The highest BCUT2D eigenvalue weighted by molar-refractivity contribution is 5.48. The van der Waals surface area contributed by atoms with Gasteiger partial charge in [-0.1, -0.05) is 27.7 Å². The van der Waals surface area contributed by atoms with Gasteiger partial charge in [-0.05, 0) is 20.3 Å². The summed E-state index contributed by atoms with van der Waals surface area (Å²) in [7, 11) is 0. The predicted octanol–water partition coefficient (Wildman–Crippen LogP) is 2.98. The second-order valence-corrected chi connectivity index (χ2v) is 5.77. The largest absolute Gasteiger partial charge is 0.384 e. The van der Waals surface area contributed by atoms with Crippen LogP contribution in [0.5, 0.6) is 0 Å². The van der Waals surface area contributed by atoms with Crippen LogP contribution in [0.2, 0.25) is 0 Å². The molecular weight excluding hydrogens is 224 g/mol. The van der Waals surface area contributed by atoms with E-state index in [1.807, 2.05) is 6.07 Å². The monoisotopic (exact) mass is 250 g/mol. The lowest BCUT2D eigenvalue weighted by Gasteiger charge is -2.29. The van der Waals surface area contributed by atoms with Crippen molar-refractivity contribution < 1.29 is 0 Å². The number of anilines is 2. The molecule has 0 aliphatic rings. The Kier molecular flexibility index (Phi) is 4.54. The minimum Gasteiger partial charge on any atom is -0.384 e. The molecule has 0 saturated carbocycles. The van der Waals surface area contributed by atoms with Crippen molar-refractivity contribution in [1.82, 2.24) is 9.97 Å². The van der Waals surface area contributed by atoms with Gasteiger partial charge >= 0.3 is 0 Å². The Labute approximate surface area is 111 Å². The number of hydrogen-bond donors (Lipinski definition) is 1. The maximum atomic E-state index is 5.91. The quantitative estimate of drug-likeness (QED) is 0.892. The number of nitrogens with two attached hydrogens (primary N) is 1. The van der Waals surface area contributed by atoms with Crippen molar-refractivity contribution in [1.29, 1.82) is 0 Å². The minimum atomic E-state index is -0.0843. The summed E-state index contributed by atoms with van der Waals surface area (Å²) in [5.74, 6) is 2.29. The average Bonchev–Trinajstić information content (AvgIpc) is 2.27. The molecule has 0 fully saturated rings. The summed E-state index contributed by atoms with van der Waals surface area (Å²) in [6.07, 6.45) is 1.09. The molecule has 0 spiro atoms. The van der Waals surface area contributed by atoms with E-state index in [1.54, 1.807) is 0 Å². The number of nitrogen functional groups attached to an aromatic ring is 1. The van der Waals surface area contributed by atoms with Crippen LogP contribution in [0.4, 0.5) is 11.6 Å². The van der Waals surface area contributed by atoms with E-state index < -0.39 is 0 Å². The number of aromatic nitrogens is 2. The third kappa shape index (κ3) is 3.34. The van der Waals surface area contributed by atoms with Gasteiger partial charge in [-0.2, -0.15) is 0 Å². The van der Waals surface area contributed by atoms with Crippen molar-refractivity contribution in [3.8, 4) is 0 Å². The minimum absolute atomic E-state index is 0.0843. The van der Waals surface area contributed by atoms with E-state index in [2.05, 4.69) is 56.4 Å². The molecule has 0 bridgehead atoms. The first-order chi connectivity index (χ1) is 8.29. The topological polar surface area (TPSA) is 55.0 Å². The van der Waals surface area contributed by atoms with Crippen LogP contribution in [0, 0.1) is 0 Å². The molecule has 102 valence electrons. The molecule has 1 heterocycles. The SMILES string of the molecule is CCC(C)N(CC)c1cc(N)nc(C(C)(C)C)n1. The number of nitrogens with zero attached hydrogens (tertiary/aromatic N) is 3. The maximum absolute atomic E-state index is 5.91. The zero-order chi connectivity index (χ0) is 13.9. The van der Waals surface area contributed by atoms with E-state index >= 15 is 0 Å². The molecule has 4 heteroatoms. The molecule has 0 amide bonds. The molecule has 1 aromatic rings. The van der Waals surface area contributed by atoms with Crippen LogP contribution in [0.15, 0.2) is 6.07 Å². The van der Waals surface area contributed by atoms with Crippen LogP contribution >= 0.6 is 0 Å². The van der Waals surface area contributed by atoms with Crippen LogP contribution < -0.4 is 10.6 Å². The zero-order valence-corrected chi connectivity index (χ0v) is 12.5. The van der Waals surface area contributed by atoms with E-state index in [0.717, 1.165) is 24.6 Å². The first kappa shape index (κ1) is 14.7. The lowest BCUT2D eigenvalue weighted by Crippen LogP contribution is -2.34. The molecule has 4 nitrogen and oxygen atoms in total. The summed E-state index contributed by atoms with van der Waals surface area (Å²) in [6.45, 7) is 13.8. The van der Waals surface area contributed by atoms with Crippen LogP contribution in [0.25, 0.3) is 0 Å². The van der Waals surface area contributed by atoms with Crippen molar-refractivity contribution in [3.05, 3.63) is 11.9 Å². The van der Waals surface area contributed by atoms with Gasteiger partial charge in [-0.3, -0.25) is 0 Å². The fourth-order valence-corrected chi connectivity index (χ4v) is 1.86. The molecule has 1 unspecified atom stereocenters. The molecule has 1 aromatic heterocycles. The van der Waals surface area contributed by atoms with Crippen LogP contribution in [-0.4, -0.2) is 22.6 Å². The first-order valence-electron chi connectivity index (χ1n) is 6.71.